The fourth-order valence-electron chi connectivity index (χ4n) is 9.00. The molecule has 3 saturated heterocycles. The van der Waals surface area contributed by atoms with Crippen LogP contribution in [0.5, 0.6) is 0 Å². The molecule has 3 fully saturated rings. The number of rotatable bonds is 9. The van der Waals surface area contributed by atoms with Crippen molar-refractivity contribution in [2.45, 2.75) is 193 Å². The predicted octanol–water partition coefficient (Wildman–Crippen LogP) is 3.40. The Morgan fingerprint density at radius 1 is 0.893 bits per heavy atom. The predicted molar refractivity (Wildman–Crippen MR) is 205 cm³/mol. The molecule has 0 aliphatic carbocycles. The molecule has 3 heterocycles. The number of ketones is 1. The van der Waals surface area contributed by atoms with E-state index in [1.807, 2.05) is 39.8 Å². The van der Waals surface area contributed by atoms with Gasteiger partial charge in [0.25, 0.3) is 0 Å². The number of esters is 2. The molecule has 0 radical (unpaired) electrons. The molecule has 56 heavy (non-hydrogen) atoms. The second kappa shape index (κ2) is 19.5. The molecule has 1 unspecified atom stereocenters. The zero-order valence-corrected chi connectivity index (χ0v) is 36.5. The largest absolute Gasteiger partial charge is 0.459 e. The van der Waals surface area contributed by atoms with Crippen LogP contribution in [0.1, 0.15) is 108 Å². The summed E-state index contributed by atoms with van der Waals surface area (Å²) in [6.45, 7) is 18.6. The van der Waals surface area contributed by atoms with Crippen LogP contribution in [0.3, 0.4) is 0 Å². The molecular weight excluding hydrogens is 730 g/mol. The van der Waals surface area contributed by atoms with Gasteiger partial charge in [0.15, 0.2) is 18.7 Å². The highest BCUT2D eigenvalue weighted by Crippen LogP contribution is 2.42. The Bertz CT molecular complexity index is 1310. The normalized spacial score (nSPS) is 46.4. The Kier molecular flexibility index (Phi) is 16.9. The molecule has 3 N–H and O–H groups in total. The van der Waals surface area contributed by atoms with Gasteiger partial charge in [0.1, 0.15) is 23.6 Å². The molecule has 326 valence electrons. The first-order chi connectivity index (χ1) is 25.9. The highest BCUT2D eigenvalue weighted by molar-refractivity contribution is 5.81. The average molecular weight is 804 g/mol. The maximum absolute atomic E-state index is 14.3. The lowest BCUT2D eigenvalue weighted by Crippen LogP contribution is -2.61. The van der Waals surface area contributed by atoms with Gasteiger partial charge in [0.05, 0.1) is 53.7 Å². The van der Waals surface area contributed by atoms with Crippen molar-refractivity contribution in [3.8, 4) is 0 Å². The van der Waals surface area contributed by atoms with Gasteiger partial charge in [-0.15, -0.1) is 0 Å². The van der Waals surface area contributed by atoms with E-state index in [0.29, 0.717) is 6.42 Å². The number of likely N-dealkylation sites (N-methyl/N-ethyl adjacent to an activating group) is 1. The first-order valence-corrected chi connectivity index (χ1v) is 20.2. The van der Waals surface area contributed by atoms with Crippen LogP contribution in [0.25, 0.3) is 0 Å². The molecular formula is C41H73NO14. The van der Waals surface area contributed by atoms with Gasteiger partial charge in [0, 0.05) is 45.8 Å². The maximum Gasteiger partial charge on any atom is 0.311 e. The molecule has 18 atom stereocenters. The van der Waals surface area contributed by atoms with Crippen LogP contribution in [0.2, 0.25) is 0 Å². The molecule has 3 aliphatic heterocycles. The van der Waals surface area contributed by atoms with Crippen molar-refractivity contribution in [1.82, 2.24) is 4.90 Å². The number of hydrogen-bond acceptors (Lipinski definition) is 15. The van der Waals surface area contributed by atoms with Crippen molar-refractivity contribution in [3.63, 3.8) is 0 Å². The number of nitrogens with zero attached hydrogens (tertiary/aromatic N) is 1. The number of aliphatic hydroxyl groups excluding tert-OH is 2. The molecule has 0 aromatic rings. The summed E-state index contributed by atoms with van der Waals surface area (Å²) in [5.41, 5.74) is -4.20. The highest BCUT2D eigenvalue weighted by atomic mass is 16.7. The topological polar surface area (TPSA) is 189 Å². The van der Waals surface area contributed by atoms with Crippen molar-refractivity contribution in [2.24, 2.45) is 23.7 Å². The number of aliphatic hydroxyl groups is 3. The number of Topliss-reactive ketones (excluding diaryl/α,β-unsaturated/α-hetero) is 1. The molecule has 3 rings (SSSR count). The monoisotopic (exact) mass is 804 g/mol. The lowest BCUT2D eigenvalue weighted by atomic mass is 9.76. The fraction of sp³-hybridized carbons (Fsp3) is 0.927. The van der Waals surface area contributed by atoms with Crippen molar-refractivity contribution in [1.29, 1.82) is 0 Å². The van der Waals surface area contributed by atoms with Gasteiger partial charge < -0.3 is 58.1 Å². The summed E-state index contributed by atoms with van der Waals surface area (Å²) in [4.78, 5) is 42.8. The molecule has 15 heteroatoms. The van der Waals surface area contributed by atoms with Crippen molar-refractivity contribution < 1.29 is 67.6 Å². The van der Waals surface area contributed by atoms with Crippen LogP contribution in [0, 0.1) is 23.7 Å². The summed E-state index contributed by atoms with van der Waals surface area (Å²) >= 11 is 0. The van der Waals surface area contributed by atoms with Gasteiger partial charge in [-0.1, -0.05) is 27.7 Å². The van der Waals surface area contributed by atoms with Gasteiger partial charge in [-0.05, 0) is 80.8 Å². The zero-order valence-electron chi connectivity index (χ0n) is 36.5. The third-order valence-electron chi connectivity index (χ3n) is 12.7. The summed E-state index contributed by atoms with van der Waals surface area (Å²) in [5.74, 6) is -4.49. The number of ether oxygens (including phenoxy) is 8. The van der Waals surface area contributed by atoms with Gasteiger partial charge >= 0.3 is 11.9 Å². The summed E-state index contributed by atoms with van der Waals surface area (Å²) in [7, 11) is 6.80. The van der Waals surface area contributed by atoms with Crippen LogP contribution < -0.4 is 0 Å². The summed E-state index contributed by atoms with van der Waals surface area (Å²) in [6, 6.07) is -0.276. The van der Waals surface area contributed by atoms with Crippen LogP contribution in [0.4, 0.5) is 0 Å². The molecule has 3 aliphatic rings. The zero-order chi connectivity index (χ0) is 42.7. The molecule has 0 spiro atoms. The SMILES string of the molecule is CC[C@H]1OC(=O)[C@H](C)[C@@H](O[C@H]2C[C@@](C)(OC)C(O)[C@H](C)O2)[C@H](C)[C@@H](O[C@@H]2O[C@H](C)C[C@H](N(C)C)[C@H]2OC(C)=O)[C@](C)(OC)C[C@@H](C)C(=O)C[C@H](C)[C@@H](O)[C@]1(C)O. The minimum Gasteiger partial charge on any atom is -0.459 e. The van der Waals surface area contributed by atoms with Gasteiger partial charge in [-0.2, -0.15) is 0 Å². The molecule has 0 aromatic carbocycles. The first-order valence-electron chi connectivity index (χ1n) is 20.2. The minimum absolute atomic E-state index is 0.0600. The number of carbonyl (C=O) groups is 3. The maximum atomic E-state index is 14.3. The summed E-state index contributed by atoms with van der Waals surface area (Å²) in [6.07, 6.45) is -8.55. The fourth-order valence-corrected chi connectivity index (χ4v) is 9.00. The van der Waals surface area contributed by atoms with Crippen molar-refractivity contribution >= 4 is 17.7 Å². The van der Waals surface area contributed by atoms with E-state index < -0.39 is 108 Å². The standard InChI is InChI=1S/C41H73NO14/c1-16-30-41(11,48)34(45)21(2)17-29(44)22(3)19-40(10,50-15)36(56-38-33(53-27(8)43)28(42(12)13)18-23(4)51-38)24(5)32(25(6)37(47)54-30)55-31-20-39(9,49-14)35(46)26(7)52-31/h21-26,28,30-36,38,45-46,48H,16-20H2,1-15H3/t21-,22+,23+,24-,25+,26-,28-,30+,31-,32-,33+,34+,35?,36+,38-,39+,40+,41+/m0/s1. The Balaban J connectivity index is 2.27. The number of methoxy groups -OCH3 is 2. The molecule has 15 nitrogen and oxygen atoms in total. The first kappa shape index (κ1) is 48.6. The Morgan fingerprint density at radius 3 is 2.04 bits per heavy atom. The Labute approximate surface area is 334 Å². The number of cyclic esters (lactones) is 1. The van der Waals surface area contributed by atoms with E-state index in [1.165, 1.54) is 28.1 Å². The average Bonchev–Trinajstić information content (AvgIpc) is 3.12. The van der Waals surface area contributed by atoms with Gasteiger partial charge in [0.2, 0.25) is 0 Å². The molecule has 0 saturated carbocycles. The van der Waals surface area contributed by atoms with Crippen molar-refractivity contribution in [3.05, 3.63) is 0 Å². The highest BCUT2D eigenvalue weighted by Gasteiger charge is 2.54. The molecule has 0 bridgehead atoms. The molecule has 0 amide bonds. The lowest BCUT2D eigenvalue weighted by Gasteiger charge is -2.49. The minimum atomic E-state index is -1.90. The third-order valence-corrected chi connectivity index (χ3v) is 12.7. The van der Waals surface area contributed by atoms with Gasteiger partial charge in [-0.25, -0.2) is 0 Å². The van der Waals surface area contributed by atoms with Crippen molar-refractivity contribution in [2.75, 3.05) is 28.3 Å². The smallest absolute Gasteiger partial charge is 0.311 e. The van der Waals surface area contributed by atoms with E-state index in [-0.39, 0.29) is 43.6 Å². The summed E-state index contributed by atoms with van der Waals surface area (Å²) in [5, 5.41) is 34.1. The lowest BCUT2D eigenvalue weighted by molar-refractivity contribution is -0.320. The van der Waals surface area contributed by atoms with Crippen LogP contribution in [-0.2, 0) is 52.3 Å². The second-order valence-electron chi connectivity index (χ2n) is 17.7. The quantitative estimate of drug-likeness (QED) is 0.288. The summed E-state index contributed by atoms with van der Waals surface area (Å²) < 4.78 is 50.4. The van der Waals surface area contributed by atoms with E-state index in [2.05, 4.69) is 0 Å². The van der Waals surface area contributed by atoms with E-state index in [1.54, 1.807) is 41.5 Å². The van der Waals surface area contributed by atoms with E-state index in [0.717, 1.165) is 0 Å². The van der Waals surface area contributed by atoms with E-state index >= 15 is 0 Å². The van der Waals surface area contributed by atoms with E-state index in [9.17, 15) is 29.7 Å². The third kappa shape index (κ3) is 10.9. The number of carbonyl (C=O) groups excluding carboxylic acids is 3. The van der Waals surface area contributed by atoms with E-state index in [4.69, 9.17) is 37.9 Å². The number of hydrogen-bond donors (Lipinski definition) is 3. The Morgan fingerprint density at radius 2 is 1.50 bits per heavy atom. The van der Waals surface area contributed by atoms with Crippen LogP contribution in [0.15, 0.2) is 0 Å². The van der Waals surface area contributed by atoms with Gasteiger partial charge in [-0.3, -0.25) is 14.4 Å². The van der Waals surface area contributed by atoms with Crippen LogP contribution in [-0.4, -0.2) is 151 Å². The van der Waals surface area contributed by atoms with Crippen LogP contribution >= 0.6 is 0 Å². The molecule has 0 aromatic heterocycles. The second-order valence-corrected chi connectivity index (χ2v) is 17.7. The Hall–Kier alpha value is -1.79.